The summed E-state index contributed by atoms with van der Waals surface area (Å²) in [4.78, 5) is 22.7. The summed E-state index contributed by atoms with van der Waals surface area (Å²) in [5, 5.41) is 12.1. The van der Waals surface area contributed by atoms with Gasteiger partial charge in [-0.05, 0) is 24.7 Å². The Bertz CT molecular complexity index is 288. The Morgan fingerprint density at radius 2 is 2.00 bits per heavy atom. The summed E-state index contributed by atoms with van der Waals surface area (Å²) >= 11 is 0. The maximum absolute atomic E-state index is 11.5. The van der Waals surface area contributed by atoms with E-state index in [4.69, 9.17) is 0 Å². The van der Waals surface area contributed by atoms with Crippen molar-refractivity contribution in [3.63, 3.8) is 0 Å². The molecule has 1 aliphatic rings. The third-order valence-electron chi connectivity index (χ3n) is 3.55. The minimum atomic E-state index is -1.04. The molecule has 4 nitrogen and oxygen atoms in total. The third kappa shape index (κ3) is 2.36. The number of hydrogen-bond acceptors (Lipinski definition) is 2. The molecule has 1 aliphatic carbocycles. The van der Waals surface area contributed by atoms with Crippen LogP contribution in [0.25, 0.3) is 0 Å². The lowest BCUT2D eigenvalue weighted by Crippen LogP contribution is -2.61. The number of carbonyl (C=O) groups excluding carboxylic acids is 1. The normalized spacial score (nSPS) is 30.1. The maximum Gasteiger partial charge on any atom is 0.329 e. The van der Waals surface area contributed by atoms with E-state index in [1.54, 1.807) is 0 Å². The van der Waals surface area contributed by atoms with Crippen molar-refractivity contribution in [1.29, 1.82) is 0 Å². The van der Waals surface area contributed by atoms with Crippen molar-refractivity contribution < 1.29 is 14.7 Å². The Morgan fingerprint density at radius 1 is 1.38 bits per heavy atom. The van der Waals surface area contributed by atoms with Gasteiger partial charge in [-0.25, -0.2) is 4.79 Å². The maximum atomic E-state index is 11.5. The smallest absolute Gasteiger partial charge is 0.329 e. The van der Waals surface area contributed by atoms with Gasteiger partial charge in [0.2, 0.25) is 5.91 Å². The fourth-order valence-corrected chi connectivity index (χ4v) is 2.89. The van der Waals surface area contributed by atoms with Gasteiger partial charge in [-0.2, -0.15) is 0 Å². The zero-order valence-electron chi connectivity index (χ0n) is 10.2. The SMILES string of the molecule is CC(=O)NC1(C(=O)O)CCCCC1C(C)C. The van der Waals surface area contributed by atoms with Crippen molar-refractivity contribution in [1.82, 2.24) is 5.32 Å². The summed E-state index contributed by atoms with van der Waals surface area (Å²) < 4.78 is 0. The van der Waals surface area contributed by atoms with Crippen LogP contribution in [0, 0.1) is 11.8 Å². The number of aliphatic carboxylic acids is 1. The van der Waals surface area contributed by atoms with Crippen LogP contribution in [0.5, 0.6) is 0 Å². The highest BCUT2D eigenvalue weighted by molar-refractivity contribution is 5.86. The summed E-state index contributed by atoms with van der Waals surface area (Å²) in [6, 6.07) is 0. The highest BCUT2D eigenvalue weighted by Crippen LogP contribution is 2.38. The molecular weight excluding hydrogens is 206 g/mol. The molecule has 2 N–H and O–H groups in total. The summed E-state index contributed by atoms with van der Waals surface area (Å²) in [6.45, 7) is 5.43. The first-order valence-corrected chi connectivity index (χ1v) is 5.92. The molecule has 0 aromatic heterocycles. The Morgan fingerprint density at radius 3 is 2.44 bits per heavy atom. The molecule has 0 radical (unpaired) electrons. The molecular formula is C12H21NO3. The molecule has 4 heteroatoms. The van der Waals surface area contributed by atoms with Crippen molar-refractivity contribution in [3.8, 4) is 0 Å². The molecule has 1 amide bonds. The van der Waals surface area contributed by atoms with Gasteiger partial charge >= 0.3 is 5.97 Å². The summed E-state index contributed by atoms with van der Waals surface area (Å²) in [6.07, 6.45) is 3.35. The lowest BCUT2D eigenvalue weighted by Gasteiger charge is -2.43. The summed E-state index contributed by atoms with van der Waals surface area (Å²) in [5.41, 5.74) is -1.04. The Hall–Kier alpha value is -1.06. The minimum Gasteiger partial charge on any atom is -0.479 e. The summed E-state index contributed by atoms with van der Waals surface area (Å²) in [5.74, 6) is -0.845. The largest absolute Gasteiger partial charge is 0.479 e. The fourth-order valence-electron chi connectivity index (χ4n) is 2.89. The van der Waals surface area contributed by atoms with Gasteiger partial charge in [0.05, 0.1) is 0 Å². The molecule has 0 aliphatic heterocycles. The Balaban J connectivity index is 3.02. The molecule has 0 bridgehead atoms. The highest BCUT2D eigenvalue weighted by Gasteiger charge is 2.48. The van der Waals surface area contributed by atoms with Crippen LogP contribution in [-0.4, -0.2) is 22.5 Å². The molecule has 16 heavy (non-hydrogen) atoms. The summed E-state index contributed by atoms with van der Waals surface area (Å²) in [7, 11) is 0. The highest BCUT2D eigenvalue weighted by atomic mass is 16.4. The van der Waals surface area contributed by atoms with Gasteiger partial charge in [-0.15, -0.1) is 0 Å². The van der Waals surface area contributed by atoms with Crippen LogP contribution in [0.15, 0.2) is 0 Å². The van der Waals surface area contributed by atoms with Gasteiger partial charge in [0.25, 0.3) is 0 Å². The van der Waals surface area contributed by atoms with Gasteiger partial charge in [0.15, 0.2) is 0 Å². The van der Waals surface area contributed by atoms with Crippen molar-refractivity contribution in [3.05, 3.63) is 0 Å². The molecule has 0 spiro atoms. The molecule has 1 rings (SSSR count). The number of nitrogens with one attached hydrogen (secondary N) is 1. The van der Waals surface area contributed by atoms with E-state index in [-0.39, 0.29) is 17.7 Å². The third-order valence-corrected chi connectivity index (χ3v) is 3.55. The van der Waals surface area contributed by atoms with Crippen LogP contribution in [0.2, 0.25) is 0 Å². The number of carboxylic acid groups (broad SMARTS) is 1. The standard InChI is InChI=1S/C12H21NO3/c1-8(2)10-6-4-5-7-12(10,11(15)16)13-9(3)14/h8,10H,4-7H2,1-3H3,(H,13,14)(H,15,16). The average molecular weight is 227 g/mol. The Kier molecular flexibility index (Phi) is 3.94. The molecule has 1 saturated carbocycles. The van der Waals surface area contributed by atoms with Crippen molar-refractivity contribution in [2.75, 3.05) is 0 Å². The van der Waals surface area contributed by atoms with Gasteiger partial charge in [0.1, 0.15) is 5.54 Å². The van der Waals surface area contributed by atoms with Crippen LogP contribution >= 0.6 is 0 Å². The quantitative estimate of drug-likeness (QED) is 0.772. The monoisotopic (exact) mass is 227 g/mol. The van der Waals surface area contributed by atoms with E-state index in [9.17, 15) is 14.7 Å². The number of rotatable bonds is 3. The van der Waals surface area contributed by atoms with Crippen molar-refractivity contribution >= 4 is 11.9 Å². The van der Waals surface area contributed by atoms with Gasteiger partial charge in [0, 0.05) is 6.92 Å². The molecule has 0 aromatic rings. The van der Waals surface area contributed by atoms with Crippen LogP contribution in [0.3, 0.4) is 0 Å². The van der Waals surface area contributed by atoms with Crippen LogP contribution in [-0.2, 0) is 9.59 Å². The van der Waals surface area contributed by atoms with Gasteiger partial charge < -0.3 is 10.4 Å². The van der Waals surface area contributed by atoms with E-state index >= 15 is 0 Å². The Labute approximate surface area is 96.4 Å². The number of hydrogen-bond donors (Lipinski definition) is 2. The second kappa shape index (κ2) is 4.85. The molecule has 0 heterocycles. The van der Waals surface area contributed by atoms with Crippen molar-refractivity contribution in [2.45, 2.75) is 52.0 Å². The molecule has 1 fully saturated rings. The first-order chi connectivity index (χ1) is 7.40. The first kappa shape index (κ1) is 13.0. The van der Waals surface area contributed by atoms with E-state index in [1.165, 1.54) is 6.92 Å². The van der Waals surface area contributed by atoms with E-state index in [0.29, 0.717) is 6.42 Å². The molecule has 92 valence electrons. The van der Waals surface area contributed by atoms with E-state index in [2.05, 4.69) is 5.32 Å². The van der Waals surface area contributed by atoms with Crippen LogP contribution < -0.4 is 5.32 Å². The topological polar surface area (TPSA) is 66.4 Å². The van der Waals surface area contributed by atoms with Gasteiger partial charge in [-0.3, -0.25) is 4.79 Å². The predicted molar refractivity (Wildman–Crippen MR) is 61.0 cm³/mol. The molecule has 0 saturated heterocycles. The van der Waals surface area contributed by atoms with E-state index in [1.807, 2.05) is 13.8 Å². The lowest BCUT2D eigenvalue weighted by atomic mass is 9.68. The second-order valence-corrected chi connectivity index (χ2v) is 5.05. The zero-order chi connectivity index (χ0) is 12.3. The zero-order valence-corrected chi connectivity index (χ0v) is 10.2. The first-order valence-electron chi connectivity index (χ1n) is 5.92. The van der Waals surface area contributed by atoms with Gasteiger partial charge in [-0.1, -0.05) is 26.7 Å². The van der Waals surface area contributed by atoms with E-state index in [0.717, 1.165) is 19.3 Å². The van der Waals surface area contributed by atoms with E-state index < -0.39 is 11.5 Å². The average Bonchev–Trinajstić information content (AvgIpc) is 2.16. The van der Waals surface area contributed by atoms with Crippen LogP contribution in [0.4, 0.5) is 0 Å². The van der Waals surface area contributed by atoms with Crippen LogP contribution in [0.1, 0.15) is 46.5 Å². The van der Waals surface area contributed by atoms with Crippen molar-refractivity contribution in [2.24, 2.45) is 11.8 Å². The lowest BCUT2D eigenvalue weighted by molar-refractivity contribution is -0.153. The number of carbonyl (C=O) groups is 2. The molecule has 2 atom stereocenters. The predicted octanol–water partition coefficient (Wildman–Crippen LogP) is 1.79. The fraction of sp³-hybridized carbons (Fsp3) is 0.833. The second-order valence-electron chi connectivity index (χ2n) is 5.05. The number of amides is 1. The molecule has 0 aromatic carbocycles. The molecule has 2 unspecified atom stereocenters. The minimum absolute atomic E-state index is 0.0302. The number of carboxylic acids is 1.